The average molecular weight is 227 g/mol. The molecule has 0 atom stereocenters. The number of halogens is 1. The third kappa shape index (κ3) is 1.35. The molecule has 4 nitrogen and oxygen atoms in total. The number of nitrogens with one attached hydrogen (secondary N) is 1. The van der Waals surface area contributed by atoms with Crippen molar-refractivity contribution in [3.63, 3.8) is 0 Å². The van der Waals surface area contributed by atoms with Crippen molar-refractivity contribution in [3.8, 4) is 11.5 Å². The predicted octanol–water partition coefficient (Wildman–Crippen LogP) is 1.63. The first kappa shape index (κ1) is 5.42. The van der Waals surface area contributed by atoms with Gasteiger partial charge in [0, 0.05) is 12.3 Å². The SMILES string of the molecule is [2H]c1nc(-c2ccc(Br)nn2)[nH]c1[2H]. The molecule has 0 amide bonds. The molecule has 0 aliphatic rings. The van der Waals surface area contributed by atoms with Crippen LogP contribution in [0.3, 0.4) is 0 Å². The van der Waals surface area contributed by atoms with Crippen molar-refractivity contribution >= 4 is 15.9 Å². The zero-order valence-corrected chi connectivity index (χ0v) is 7.46. The molecule has 0 saturated carbocycles. The highest BCUT2D eigenvalue weighted by Gasteiger charge is 2.00. The summed E-state index contributed by atoms with van der Waals surface area (Å²) in [6.07, 6.45) is -0.116. The van der Waals surface area contributed by atoms with Gasteiger partial charge in [0.2, 0.25) is 0 Å². The fourth-order valence-corrected chi connectivity index (χ4v) is 0.974. The first-order valence-corrected chi connectivity index (χ1v) is 3.99. The number of aromatic nitrogens is 4. The molecule has 0 unspecified atom stereocenters. The largest absolute Gasteiger partial charge is 0.343 e. The number of rotatable bonds is 1. The Balaban J connectivity index is 2.44. The molecule has 2 aromatic rings. The van der Waals surface area contributed by atoms with E-state index in [9.17, 15) is 0 Å². The number of hydrogen-bond donors (Lipinski definition) is 1. The first-order valence-electron chi connectivity index (χ1n) is 4.19. The molecule has 0 radical (unpaired) electrons. The molecule has 0 aromatic carbocycles. The average Bonchev–Trinajstić information content (AvgIpc) is 2.48. The molecule has 0 fully saturated rings. The summed E-state index contributed by atoms with van der Waals surface area (Å²) in [4.78, 5) is 6.45. The minimum Gasteiger partial charge on any atom is -0.343 e. The van der Waals surface area contributed by atoms with E-state index in [0.29, 0.717) is 16.1 Å². The lowest BCUT2D eigenvalue weighted by Crippen LogP contribution is -1.88. The normalized spacial score (nSPS) is 12.4. The summed E-state index contributed by atoms with van der Waals surface area (Å²) < 4.78 is 15.1. The summed E-state index contributed by atoms with van der Waals surface area (Å²) in [5.41, 5.74) is 0.514. The number of nitrogens with zero attached hydrogens (tertiary/aromatic N) is 3. The first-order chi connectivity index (χ1) is 6.66. The van der Waals surface area contributed by atoms with Gasteiger partial charge in [0.1, 0.15) is 10.3 Å². The van der Waals surface area contributed by atoms with Crippen LogP contribution in [0.2, 0.25) is 0 Å². The van der Waals surface area contributed by atoms with Gasteiger partial charge in [-0.2, -0.15) is 0 Å². The van der Waals surface area contributed by atoms with E-state index >= 15 is 0 Å². The maximum Gasteiger partial charge on any atom is 0.157 e. The molecule has 2 aromatic heterocycles. The summed E-state index contributed by atoms with van der Waals surface area (Å²) >= 11 is 3.16. The van der Waals surface area contributed by atoms with Crippen LogP contribution in [-0.2, 0) is 0 Å². The van der Waals surface area contributed by atoms with E-state index in [2.05, 4.69) is 36.1 Å². The van der Waals surface area contributed by atoms with Crippen LogP contribution in [0.1, 0.15) is 2.74 Å². The Hall–Kier alpha value is -1.23. The zero-order valence-electron chi connectivity index (χ0n) is 7.87. The third-order valence-corrected chi connectivity index (χ3v) is 1.70. The van der Waals surface area contributed by atoms with Gasteiger partial charge in [0.15, 0.2) is 5.82 Å². The van der Waals surface area contributed by atoms with Crippen LogP contribution < -0.4 is 0 Å². The van der Waals surface area contributed by atoms with Crippen molar-refractivity contribution in [1.29, 1.82) is 0 Å². The van der Waals surface area contributed by atoms with Gasteiger partial charge in [-0.25, -0.2) is 4.98 Å². The summed E-state index contributed by atoms with van der Waals surface area (Å²) in [5.74, 6) is 0.389. The van der Waals surface area contributed by atoms with Crippen LogP contribution in [-0.4, -0.2) is 20.2 Å². The van der Waals surface area contributed by atoms with Gasteiger partial charge in [0.25, 0.3) is 0 Å². The Morgan fingerprint density at radius 3 is 2.92 bits per heavy atom. The number of imidazole rings is 1. The number of H-pyrrole nitrogens is 1. The molecule has 12 heavy (non-hydrogen) atoms. The molecule has 0 aliphatic carbocycles. The molecule has 5 heteroatoms. The Morgan fingerprint density at radius 1 is 1.42 bits per heavy atom. The van der Waals surface area contributed by atoms with Gasteiger partial charge >= 0.3 is 0 Å². The van der Waals surface area contributed by atoms with E-state index in [1.807, 2.05) is 0 Å². The monoisotopic (exact) mass is 226 g/mol. The fourth-order valence-electron chi connectivity index (χ4n) is 0.763. The summed E-state index contributed by atoms with van der Waals surface area (Å²) in [6.45, 7) is 0. The second-order valence-electron chi connectivity index (χ2n) is 2.06. The third-order valence-electron chi connectivity index (χ3n) is 1.28. The molecule has 0 spiro atoms. The zero-order chi connectivity index (χ0) is 10.1. The van der Waals surface area contributed by atoms with Gasteiger partial charge in [-0.05, 0) is 28.1 Å². The van der Waals surface area contributed by atoms with Gasteiger partial charge in [0.05, 0.1) is 2.74 Å². The molecule has 2 heterocycles. The van der Waals surface area contributed by atoms with Crippen LogP contribution in [0.4, 0.5) is 0 Å². The lowest BCUT2D eigenvalue weighted by atomic mass is 10.4. The lowest BCUT2D eigenvalue weighted by Gasteiger charge is -1.92. The minimum absolute atomic E-state index is 0.0234. The minimum atomic E-state index is -0.0929. The van der Waals surface area contributed by atoms with E-state index in [1.165, 1.54) is 0 Å². The van der Waals surface area contributed by atoms with Crippen LogP contribution in [0.15, 0.2) is 29.1 Å². The van der Waals surface area contributed by atoms with E-state index < -0.39 is 0 Å². The van der Waals surface area contributed by atoms with Crippen LogP contribution >= 0.6 is 15.9 Å². The Morgan fingerprint density at radius 2 is 2.33 bits per heavy atom. The van der Waals surface area contributed by atoms with Crippen LogP contribution in [0, 0.1) is 0 Å². The molecule has 1 N–H and O–H groups in total. The summed E-state index contributed by atoms with van der Waals surface area (Å²) in [6, 6.07) is 3.42. The maximum atomic E-state index is 7.27. The molecule has 0 aliphatic heterocycles. The second-order valence-corrected chi connectivity index (χ2v) is 2.88. The standard InChI is InChI=1S/C7H5BrN4/c8-6-2-1-5(11-12-6)7-9-3-4-10-7/h1-4H,(H,9,10)/i3D,4D. The van der Waals surface area contributed by atoms with Gasteiger partial charge in [-0.1, -0.05) is 0 Å². The highest BCUT2D eigenvalue weighted by molar-refractivity contribution is 9.10. The Labute approximate surface area is 80.0 Å². The van der Waals surface area contributed by atoms with Crippen molar-refractivity contribution in [2.24, 2.45) is 0 Å². The lowest BCUT2D eigenvalue weighted by molar-refractivity contribution is 0.999. The van der Waals surface area contributed by atoms with Crippen molar-refractivity contribution in [2.75, 3.05) is 0 Å². The van der Waals surface area contributed by atoms with Gasteiger partial charge in [-0.15, -0.1) is 10.2 Å². The van der Waals surface area contributed by atoms with Crippen molar-refractivity contribution in [1.82, 2.24) is 20.2 Å². The molecule has 0 bridgehead atoms. The van der Waals surface area contributed by atoms with Crippen molar-refractivity contribution in [2.45, 2.75) is 0 Å². The summed E-state index contributed by atoms with van der Waals surface area (Å²) in [7, 11) is 0. The topological polar surface area (TPSA) is 54.5 Å². The Bertz CT molecular complexity index is 434. The van der Waals surface area contributed by atoms with E-state index in [4.69, 9.17) is 2.74 Å². The highest BCUT2D eigenvalue weighted by atomic mass is 79.9. The molecule has 0 saturated heterocycles. The second kappa shape index (κ2) is 3.02. The maximum absolute atomic E-state index is 7.27. The quantitative estimate of drug-likeness (QED) is 0.805. The van der Waals surface area contributed by atoms with Crippen molar-refractivity contribution < 1.29 is 2.74 Å². The molecule has 2 rings (SSSR count). The van der Waals surface area contributed by atoms with Gasteiger partial charge < -0.3 is 4.98 Å². The molecule has 60 valence electrons. The van der Waals surface area contributed by atoms with E-state index in [1.54, 1.807) is 12.1 Å². The smallest absolute Gasteiger partial charge is 0.157 e. The van der Waals surface area contributed by atoms with Crippen LogP contribution in [0.25, 0.3) is 11.5 Å². The number of hydrogen-bond acceptors (Lipinski definition) is 3. The highest BCUT2D eigenvalue weighted by Crippen LogP contribution is 2.11. The van der Waals surface area contributed by atoms with E-state index in [0.717, 1.165) is 0 Å². The van der Waals surface area contributed by atoms with E-state index in [-0.39, 0.29) is 12.3 Å². The predicted molar refractivity (Wildman–Crippen MR) is 47.3 cm³/mol. The summed E-state index contributed by atoms with van der Waals surface area (Å²) in [5, 5.41) is 7.62. The molecular formula is C7H5BrN4. The number of aromatic amines is 1. The van der Waals surface area contributed by atoms with Gasteiger partial charge in [-0.3, -0.25) is 0 Å². The van der Waals surface area contributed by atoms with Crippen molar-refractivity contribution in [3.05, 3.63) is 29.1 Å². The fraction of sp³-hybridized carbons (Fsp3) is 0. The van der Waals surface area contributed by atoms with Crippen LogP contribution in [0.5, 0.6) is 0 Å². The molecular weight excluding hydrogens is 220 g/mol. The Kier molecular flexibility index (Phi) is 1.37.